The summed E-state index contributed by atoms with van der Waals surface area (Å²) in [5, 5.41) is 3.26. The summed E-state index contributed by atoms with van der Waals surface area (Å²) in [6, 6.07) is 7.94. The van der Waals surface area contributed by atoms with E-state index in [4.69, 9.17) is 0 Å². The number of para-hydroxylation sites is 1. The Morgan fingerprint density at radius 2 is 1.65 bits per heavy atom. The van der Waals surface area contributed by atoms with Crippen LogP contribution in [0.2, 0.25) is 0 Å². The second kappa shape index (κ2) is 4.47. The first-order chi connectivity index (χ1) is 11.2. The number of imide groups is 1. The summed E-state index contributed by atoms with van der Waals surface area (Å²) >= 11 is 0. The molecule has 5 aliphatic rings. The summed E-state index contributed by atoms with van der Waals surface area (Å²) in [5.41, 5.74) is 2.10. The Morgan fingerprint density at radius 3 is 2.26 bits per heavy atom. The van der Waals surface area contributed by atoms with Crippen LogP contribution in [0.5, 0.6) is 0 Å². The van der Waals surface area contributed by atoms with Gasteiger partial charge < -0.3 is 5.32 Å². The minimum atomic E-state index is -0.0973. The number of nitrogens with zero attached hydrogens (tertiary/aromatic N) is 1. The van der Waals surface area contributed by atoms with E-state index in [1.165, 1.54) is 11.3 Å². The summed E-state index contributed by atoms with van der Waals surface area (Å²) in [7, 11) is 0. The maximum atomic E-state index is 12.8. The number of carbonyl (C=O) groups is 2. The van der Waals surface area contributed by atoms with Gasteiger partial charge in [0, 0.05) is 5.69 Å². The van der Waals surface area contributed by atoms with Gasteiger partial charge in [-0.15, -0.1) is 0 Å². The van der Waals surface area contributed by atoms with Crippen molar-refractivity contribution in [3.8, 4) is 0 Å². The normalized spacial score (nSPS) is 39.4. The molecule has 0 radical (unpaired) electrons. The molecule has 1 aliphatic heterocycles. The zero-order valence-electron chi connectivity index (χ0n) is 13.1. The molecule has 0 aromatic heterocycles. The molecule has 2 bridgehead atoms. The number of anilines is 1. The Morgan fingerprint density at radius 1 is 1.04 bits per heavy atom. The monoisotopic (exact) mass is 308 g/mol. The van der Waals surface area contributed by atoms with E-state index in [1.54, 1.807) is 0 Å². The summed E-state index contributed by atoms with van der Waals surface area (Å²) in [5.74, 6) is 1.79. The number of amides is 2. The van der Waals surface area contributed by atoms with Crippen molar-refractivity contribution in [2.75, 3.05) is 12.0 Å². The van der Waals surface area contributed by atoms with Gasteiger partial charge in [-0.1, -0.05) is 30.4 Å². The molecule has 1 heterocycles. The van der Waals surface area contributed by atoms with Crippen LogP contribution in [0.3, 0.4) is 0 Å². The fourth-order valence-corrected chi connectivity index (χ4v) is 5.11. The molecule has 3 fully saturated rings. The SMILES string of the molecule is Cc1ccccc1NCN1C(=O)[C@@H]2[C@H]3C=C[C@@H]([C@@H]4C[C@H]34)[C@@H]2C1=O. The number of rotatable bonds is 3. The lowest BCUT2D eigenvalue weighted by molar-refractivity contribution is -0.139. The summed E-state index contributed by atoms with van der Waals surface area (Å²) in [6.45, 7) is 2.30. The van der Waals surface area contributed by atoms with Crippen molar-refractivity contribution in [2.45, 2.75) is 13.3 Å². The number of aryl methyl sites for hydroxylation is 1. The molecular weight excluding hydrogens is 288 g/mol. The third-order valence-electron chi connectivity index (χ3n) is 6.33. The van der Waals surface area contributed by atoms with Crippen LogP contribution in [0.25, 0.3) is 0 Å². The molecule has 1 saturated heterocycles. The molecule has 0 spiro atoms. The first kappa shape index (κ1) is 13.3. The average Bonchev–Trinajstić information content (AvgIpc) is 3.33. The number of allylic oxidation sites excluding steroid dienone is 2. The Labute approximate surface area is 135 Å². The first-order valence-electron chi connectivity index (χ1n) is 8.50. The summed E-state index contributed by atoms with van der Waals surface area (Å²) < 4.78 is 0. The molecular formula is C19H20N2O2. The second-order valence-electron chi connectivity index (χ2n) is 7.41. The maximum absolute atomic E-state index is 12.8. The van der Waals surface area contributed by atoms with Gasteiger partial charge in [-0.2, -0.15) is 0 Å². The molecule has 6 rings (SSSR count). The van der Waals surface area contributed by atoms with E-state index in [0.717, 1.165) is 11.3 Å². The van der Waals surface area contributed by atoms with E-state index in [0.29, 0.717) is 23.7 Å². The number of nitrogens with one attached hydrogen (secondary N) is 1. The Balaban J connectivity index is 1.38. The average molecular weight is 308 g/mol. The Bertz CT molecular complexity index is 705. The third kappa shape index (κ3) is 1.72. The van der Waals surface area contributed by atoms with Crippen LogP contribution in [0.15, 0.2) is 36.4 Å². The van der Waals surface area contributed by atoms with E-state index < -0.39 is 0 Å². The molecule has 4 aliphatic carbocycles. The molecule has 6 atom stereocenters. The lowest BCUT2D eigenvalue weighted by Gasteiger charge is -2.37. The van der Waals surface area contributed by atoms with Crippen LogP contribution in [0.1, 0.15) is 12.0 Å². The van der Waals surface area contributed by atoms with Gasteiger partial charge in [0.1, 0.15) is 0 Å². The molecule has 1 N–H and O–H groups in total. The minimum Gasteiger partial charge on any atom is -0.367 e. The fourth-order valence-electron chi connectivity index (χ4n) is 5.11. The van der Waals surface area contributed by atoms with Crippen molar-refractivity contribution in [3.63, 3.8) is 0 Å². The summed E-state index contributed by atoms with van der Waals surface area (Å²) in [4.78, 5) is 27.1. The molecule has 2 amide bonds. The highest BCUT2D eigenvalue weighted by Gasteiger charge is 2.66. The van der Waals surface area contributed by atoms with Gasteiger partial charge in [0.05, 0.1) is 18.5 Å². The molecule has 0 unspecified atom stereocenters. The van der Waals surface area contributed by atoms with Crippen molar-refractivity contribution in [1.82, 2.24) is 4.90 Å². The highest BCUT2D eigenvalue weighted by molar-refractivity contribution is 6.06. The van der Waals surface area contributed by atoms with Crippen LogP contribution in [0, 0.1) is 42.4 Å². The van der Waals surface area contributed by atoms with Crippen molar-refractivity contribution in [2.24, 2.45) is 35.5 Å². The lowest BCUT2D eigenvalue weighted by atomic mass is 9.63. The standard InChI is InChI=1S/C19H20N2O2/c1-10-4-2-3-5-15(10)20-9-21-18(22)16-11-6-7-12(14-8-13(11)14)17(16)19(21)23/h2-7,11-14,16-17,20H,8-9H2,1H3/t11-,12-,13-,14+,16-,17+/m0/s1. The van der Waals surface area contributed by atoms with E-state index in [1.807, 2.05) is 31.2 Å². The van der Waals surface area contributed by atoms with Gasteiger partial charge in [-0.3, -0.25) is 14.5 Å². The highest BCUT2D eigenvalue weighted by atomic mass is 16.2. The van der Waals surface area contributed by atoms with Crippen LogP contribution in [0.4, 0.5) is 5.69 Å². The quantitative estimate of drug-likeness (QED) is 0.689. The maximum Gasteiger partial charge on any atom is 0.235 e. The van der Waals surface area contributed by atoms with Crippen LogP contribution >= 0.6 is 0 Å². The Kier molecular flexibility index (Phi) is 2.59. The van der Waals surface area contributed by atoms with Gasteiger partial charge in [-0.05, 0) is 48.6 Å². The van der Waals surface area contributed by atoms with Gasteiger partial charge in [0.15, 0.2) is 0 Å². The zero-order valence-corrected chi connectivity index (χ0v) is 13.1. The van der Waals surface area contributed by atoms with Crippen molar-refractivity contribution in [3.05, 3.63) is 42.0 Å². The Hall–Kier alpha value is -2.10. The van der Waals surface area contributed by atoms with Crippen LogP contribution in [-0.4, -0.2) is 23.4 Å². The number of benzene rings is 1. The zero-order chi connectivity index (χ0) is 15.7. The van der Waals surface area contributed by atoms with Crippen molar-refractivity contribution in [1.29, 1.82) is 0 Å². The fraction of sp³-hybridized carbons (Fsp3) is 0.474. The molecule has 4 heteroatoms. The topological polar surface area (TPSA) is 49.4 Å². The molecule has 118 valence electrons. The van der Waals surface area contributed by atoms with E-state index in [9.17, 15) is 9.59 Å². The molecule has 4 nitrogen and oxygen atoms in total. The van der Waals surface area contributed by atoms with Crippen LogP contribution < -0.4 is 5.32 Å². The number of hydrogen-bond acceptors (Lipinski definition) is 3. The minimum absolute atomic E-state index is 0.0331. The predicted molar refractivity (Wildman–Crippen MR) is 86.2 cm³/mol. The number of likely N-dealkylation sites (tertiary alicyclic amines) is 1. The molecule has 1 aromatic carbocycles. The first-order valence-corrected chi connectivity index (χ1v) is 8.50. The summed E-state index contributed by atoms with van der Waals surface area (Å²) in [6.07, 6.45) is 5.63. The van der Waals surface area contributed by atoms with Gasteiger partial charge >= 0.3 is 0 Å². The number of hydrogen-bond donors (Lipinski definition) is 1. The van der Waals surface area contributed by atoms with E-state index in [2.05, 4.69) is 17.5 Å². The number of carbonyl (C=O) groups excluding carboxylic acids is 2. The second-order valence-corrected chi connectivity index (χ2v) is 7.41. The smallest absolute Gasteiger partial charge is 0.235 e. The predicted octanol–water partition coefficient (Wildman–Crippen LogP) is 2.42. The van der Waals surface area contributed by atoms with Crippen molar-refractivity contribution >= 4 is 17.5 Å². The largest absolute Gasteiger partial charge is 0.367 e. The lowest BCUT2D eigenvalue weighted by Crippen LogP contribution is -2.40. The van der Waals surface area contributed by atoms with Crippen molar-refractivity contribution < 1.29 is 9.59 Å². The van der Waals surface area contributed by atoms with Gasteiger partial charge in [0.2, 0.25) is 11.8 Å². The molecule has 2 saturated carbocycles. The molecule has 1 aromatic rings. The molecule has 23 heavy (non-hydrogen) atoms. The van der Waals surface area contributed by atoms with Crippen LogP contribution in [-0.2, 0) is 9.59 Å². The van der Waals surface area contributed by atoms with Gasteiger partial charge in [0.25, 0.3) is 0 Å². The third-order valence-corrected chi connectivity index (χ3v) is 6.33. The van der Waals surface area contributed by atoms with Gasteiger partial charge in [-0.25, -0.2) is 0 Å². The highest BCUT2D eigenvalue weighted by Crippen LogP contribution is 2.65. The van der Waals surface area contributed by atoms with E-state index >= 15 is 0 Å². The van der Waals surface area contributed by atoms with E-state index in [-0.39, 0.29) is 30.3 Å².